The van der Waals surface area contributed by atoms with Crippen LogP contribution >= 0.6 is 0 Å². The first-order valence-electron chi connectivity index (χ1n) is 9.53. The minimum atomic E-state index is -0.982. The van der Waals surface area contributed by atoms with Crippen molar-refractivity contribution in [3.05, 3.63) is 95.6 Å². The summed E-state index contributed by atoms with van der Waals surface area (Å²) >= 11 is 0. The fraction of sp³-hybridized carbons (Fsp3) is 0.0870. The summed E-state index contributed by atoms with van der Waals surface area (Å²) in [5, 5.41) is 10.9. The number of rotatable bonds is 5. The maximum Gasteiger partial charge on any atom is 0.252 e. The molecule has 2 heterocycles. The summed E-state index contributed by atoms with van der Waals surface area (Å²) in [6, 6.07) is 19.1. The Hall–Kier alpha value is -4.20. The number of halogens is 1. The van der Waals surface area contributed by atoms with Crippen LogP contribution in [0.1, 0.15) is 27.9 Å². The van der Waals surface area contributed by atoms with E-state index in [2.05, 4.69) is 15.5 Å². The molecule has 1 aromatic heterocycles. The van der Waals surface area contributed by atoms with E-state index >= 15 is 0 Å². The molecule has 154 valence electrons. The van der Waals surface area contributed by atoms with Gasteiger partial charge in [-0.2, -0.15) is 0 Å². The quantitative estimate of drug-likeness (QED) is 0.526. The molecule has 0 radical (unpaired) electrons. The van der Waals surface area contributed by atoms with E-state index in [1.807, 2.05) is 30.3 Å². The molecule has 0 saturated heterocycles. The number of amides is 1. The molecule has 0 spiro atoms. The lowest BCUT2D eigenvalue weighted by Gasteiger charge is -2.16. The number of ether oxygens (including phenoxy) is 2. The lowest BCUT2D eigenvalue weighted by Crippen LogP contribution is -2.30. The molecule has 1 amide bonds. The number of carbonyl (C=O) groups excluding carboxylic acids is 1. The van der Waals surface area contributed by atoms with E-state index in [4.69, 9.17) is 13.9 Å². The zero-order valence-electron chi connectivity index (χ0n) is 16.1. The standard InChI is InChI=1S/C23H16FN3O4/c24-17-9-5-4-8-16(17)20(23-27-26-22(31-23)14-6-2-1-3-7-14)25-21(28)15-10-11-18-19(12-15)30-13-29-18/h1-12,20H,13H2,(H,25,28)/t20-/m1/s1. The van der Waals surface area contributed by atoms with E-state index in [9.17, 15) is 9.18 Å². The lowest BCUT2D eigenvalue weighted by atomic mass is 10.1. The summed E-state index contributed by atoms with van der Waals surface area (Å²) in [6.45, 7) is 0.0997. The van der Waals surface area contributed by atoms with Crippen molar-refractivity contribution in [1.82, 2.24) is 15.5 Å². The van der Waals surface area contributed by atoms with Crippen molar-refractivity contribution in [2.75, 3.05) is 6.79 Å². The highest BCUT2D eigenvalue weighted by molar-refractivity contribution is 5.95. The predicted octanol–water partition coefficient (Wildman–Crippen LogP) is 4.12. The highest BCUT2D eigenvalue weighted by Gasteiger charge is 2.27. The Morgan fingerprint density at radius 1 is 0.935 bits per heavy atom. The van der Waals surface area contributed by atoms with Crippen molar-refractivity contribution in [1.29, 1.82) is 0 Å². The molecular formula is C23H16FN3O4. The van der Waals surface area contributed by atoms with Crippen molar-refractivity contribution >= 4 is 5.91 Å². The highest BCUT2D eigenvalue weighted by atomic mass is 19.1. The average molecular weight is 417 g/mol. The Morgan fingerprint density at radius 3 is 2.55 bits per heavy atom. The Kier molecular flexibility index (Phi) is 4.80. The van der Waals surface area contributed by atoms with Gasteiger partial charge in [0.05, 0.1) is 0 Å². The van der Waals surface area contributed by atoms with Gasteiger partial charge in [-0.3, -0.25) is 4.79 Å². The van der Waals surface area contributed by atoms with E-state index in [1.54, 1.807) is 36.4 Å². The smallest absolute Gasteiger partial charge is 0.252 e. The van der Waals surface area contributed by atoms with Crippen LogP contribution in [0.3, 0.4) is 0 Å². The molecule has 7 nitrogen and oxygen atoms in total. The molecule has 1 aliphatic heterocycles. The number of benzene rings is 3. The fourth-order valence-corrected chi connectivity index (χ4v) is 3.28. The van der Waals surface area contributed by atoms with Gasteiger partial charge >= 0.3 is 0 Å². The average Bonchev–Trinajstić information content (AvgIpc) is 3.48. The van der Waals surface area contributed by atoms with Crippen LogP contribution in [-0.2, 0) is 0 Å². The van der Waals surface area contributed by atoms with Crippen molar-refractivity contribution in [2.24, 2.45) is 0 Å². The van der Waals surface area contributed by atoms with Crippen LogP contribution in [-0.4, -0.2) is 22.9 Å². The maximum absolute atomic E-state index is 14.6. The number of fused-ring (bicyclic) bond motifs is 1. The zero-order valence-corrected chi connectivity index (χ0v) is 16.1. The van der Waals surface area contributed by atoms with Gasteiger partial charge in [0.2, 0.25) is 18.6 Å². The van der Waals surface area contributed by atoms with Crippen LogP contribution in [0.4, 0.5) is 4.39 Å². The monoisotopic (exact) mass is 417 g/mol. The minimum Gasteiger partial charge on any atom is -0.454 e. The summed E-state index contributed by atoms with van der Waals surface area (Å²) in [6.07, 6.45) is 0. The Morgan fingerprint density at radius 2 is 1.71 bits per heavy atom. The zero-order chi connectivity index (χ0) is 21.2. The molecule has 1 aliphatic rings. The maximum atomic E-state index is 14.6. The molecule has 1 atom stereocenters. The molecule has 0 unspecified atom stereocenters. The van der Waals surface area contributed by atoms with Gasteiger partial charge in [-0.25, -0.2) is 4.39 Å². The van der Waals surface area contributed by atoms with Gasteiger partial charge in [0, 0.05) is 16.7 Å². The molecule has 0 bridgehead atoms. The molecule has 0 aliphatic carbocycles. The molecule has 5 rings (SSSR count). The fourth-order valence-electron chi connectivity index (χ4n) is 3.28. The largest absolute Gasteiger partial charge is 0.454 e. The lowest BCUT2D eigenvalue weighted by molar-refractivity contribution is 0.0937. The molecule has 3 aromatic carbocycles. The molecule has 0 saturated carbocycles. The van der Waals surface area contributed by atoms with E-state index < -0.39 is 17.8 Å². The van der Waals surface area contributed by atoms with Crippen LogP contribution in [0.25, 0.3) is 11.5 Å². The van der Waals surface area contributed by atoms with Gasteiger partial charge in [0.1, 0.15) is 11.9 Å². The number of nitrogens with one attached hydrogen (secondary N) is 1. The summed E-state index contributed by atoms with van der Waals surface area (Å²) < 4.78 is 31.0. The van der Waals surface area contributed by atoms with Gasteiger partial charge in [0.25, 0.3) is 5.91 Å². The van der Waals surface area contributed by atoms with Gasteiger partial charge in [-0.1, -0.05) is 36.4 Å². The molecule has 8 heteroatoms. The molecule has 0 fully saturated rings. The first kappa shape index (κ1) is 18.8. The van der Waals surface area contributed by atoms with E-state index in [1.165, 1.54) is 6.07 Å². The van der Waals surface area contributed by atoms with Crippen LogP contribution in [0, 0.1) is 5.82 Å². The first-order valence-corrected chi connectivity index (χ1v) is 9.53. The third-order valence-electron chi connectivity index (χ3n) is 4.83. The van der Waals surface area contributed by atoms with Gasteiger partial charge < -0.3 is 19.2 Å². The number of nitrogens with zero attached hydrogens (tertiary/aromatic N) is 2. The van der Waals surface area contributed by atoms with Gasteiger partial charge in [-0.15, -0.1) is 10.2 Å². The van der Waals surface area contributed by atoms with Crippen molar-refractivity contribution in [3.8, 4) is 23.0 Å². The number of carbonyl (C=O) groups is 1. The Labute approximate surface area is 176 Å². The normalized spacial score (nSPS) is 13.1. The van der Waals surface area contributed by atoms with Gasteiger partial charge in [0.15, 0.2) is 11.5 Å². The summed E-state index contributed by atoms with van der Waals surface area (Å²) in [4.78, 5) is 13.0. The second-order valence-electron chi connectivity index (χ2n) is 6.81. The van der Waals surface area contributed by atoms with Crippen LogP contribution in [0.15, 0.2) is 77.2 Å². The Bertz CT molecular complexity index is 1240. The van der Waals surface area contributed by atoms with E-state index in [0.29, 0.717) is 17.1 Å². The number of hydrogen-bond donors (Lipinski definition) is 1. The van der Waals surface area contributed by atoms with Crippen LogP contribution in [0.2, 0.25) is 0 Å². The van der Waals surface area contributed by atoms with Crippen molar-refractivity contribution < 1.29 is 23.1 Å². The molecule has 31 heavy (non-hydrogen) atoms. The molecule has 4 aromatic rings. The van der Waals surface area contributed by atoms with E-state index in [0.717, 1.165) is 5.56 Å². The summed E-state index contributed by atoms with van der Waals surface area (Å²) in [5.74, 6) is 0.419. The number of hydrogen-bond acceptors (Lipinski definition) is 6. The summed E-state index contributed by atoms with van der Waals surface area (Å²) in [5.41, 5.74) is 1.25. The van der Waals surface area contributed by atoms with Crippen molar-refractivity contribution in [3.63, 3.8) is 0 Å². The second-order valence-corrected chi connectivity index (χ2v) is 6.81. The SMILES string of the molecule is O=C(N[C@@H](c1nnc(-c2ccccc2)o1)c1ccccc1F)c1ccc2c(c1)OCO2. The topological polar surface area (TPSA) is 86.5 Å². The first-order chi connectivity index (χ1) is 15.2. The highest BCUT2D eigenvalue weighted by Crippen LogP contribution is 2.33. The van der Waals surface area contributed by atoms with Gasteiger partial charge in [-0.05, 0) is 36.4 Å². The number of aromatic nitrogens is 2. The molecule has 1 N–H and O–H groups in total. The molecular weight excluding hydrogens is 401 g/mol. The third-order valence-corrected chi connectivity index (χ3v) is 4.83. The summed E-state index contributed by atoms with van der Waals surface area (Å²) in [7, 11) is 0. The van der Waals surface area contributed by atoms with Crippen LogP contribution in [0.5, 0.6) is 11.5 Å². The predicted molar refractivity (Wildman–Crippen MR) is 108 cm³/mol. The Balaban J connectivity index is 1.49. The van der Waals surface area contributed by atoms with E-state index in [-0.39, 0.29) is 24.1 Å². The van der Waals surface area contributed by atoms with Crippen LogP contribution < -0.4 is 14.8 Å². The third kappa shape index (κ3) is 3.71. The second kappa shape index (κ2) is 7.91. The minimum absolute atomic E-state index is 0.0676. The van der Waals surface area contributed by atoms with Crippen molar-refractivity contribution in [2.45, 2.75) is 6.04 Å².